The van der Waals surface area contributed by atoms with Crippen LogP contribution in [0.25, 0.3) is 0 Å². The second-order valence-corrected chi connectivity index (χ2v) is 8.34. The molecule has 156 valence electrons. The number of carbonyl (C=O) groups is 1. The Balaban J connectivity index is 1.46. The SMILES string of the molecule is CCn1ncc(CN2CC(C(=O)NCc3ccncc3)C3(CCOCC3)C2)c1C. The zero-order chi connectivity index (χ0) is 20.3. The van der Waals surface area contributed by atoms with Gasteiger partial charge in [0.2, 0.25) is 5.91 Å². The summed E-state index contributed by atoms with van der Waals surface area (Å²) in [7, 11) is 0. The van der Waals surface area contributed by atoms with Crippen molar-refractivity contribution < 1.29 is 9.53 Å². The molecule has 0 aliphatic carbocycles. The molecule has 2 aromatic rings. The monoisotopic (exact) mass is 397 g/mol. The summed E-state index contributed by atoms with van der Waals surface area (Å²) >= 11 is 0. The van der Waals surface area contributed by atoms with E-state index in [2.05, 4.69) is 34.1 Å². The number of ether oxygens (including phenoxy) is 1. The number of aromatic nitrogens is 3. The van der Waals surface area contributed by atoms with Crippen molar-refractivity contribution in [1.82, 2.24) is 25.0 Å². The average molecular weight is 398 g/mol. The number of likely N-dealkylation sites (tertiary alicyclic amines) is 1. The van der Waals surface area contributed by atoms with Crippen LogP contribution in [-0.4, -0.2) is 51.9 Å². The lowest BCUT2D eigenvalue weighted by atomic mass is 9.71. The molecule has 1 spiro atoms. The first-order valence-electron chi connectivity index (χ1n) is 10.6. The number of amides is 1. The highest BCUT2D eigenvalue weighted by Gasteiger charge is 2.50. The molecule has 2 saturated heterocycles. The van der Waals surface area contributed by atoms with Crippen LogP contribution in [0.3, 0.4) is 0 Å². The lowest BCUT2D eigenvalue weighted by Gasteiger charge is -2.37. The first kappa shape index (κ1) is 20.0. The topological polar surface area (TPSA) is 72.3 Å². The third-order valence-corrected chi connectivity index (χ3v) is 6.64. The predicted octanol–water partition coefficient (Wildman–Crippen LogP) is 2.15. The molecule has 4 rings (SSSR count). The van der Waals surface area contributed by atoms with Crippen LogP contribution in [-0.2, 0) is 29.2 Å². The zero-order valence-corrected chi connectivity index (χ0v) is 17.4. The first-order valence-corrected chi connectivity index (χ1v) is 10.6. The number of nitrogens with one attached hydrogen (secondary N) is 1. The highest BCUT2D eigenvalue weighted by Crippen LogP contribution is 2.44. The van der Waals surface area contributed by atoms with Crippen molar-refractivity contribution in [3.63, 3.8) is 0 Å². The van der Waals surface area contributed by atoms with Crippen molar-refractivity contribution in [1.29, 1.82) is 0 Å². The van der Waals surface area contributed by atoms with Crippen LogP contribution in [0.4, 0.5) is 0 Å². The molecule has 0 radical (unpaired) electrons. The van der Waals surface area contributed by atoms with Gasteiger partial charge in [-0.25, -0.2) is 0 Å². The molecule has 7 heteroatoms. The number of aryl methyl sites for hydroxylation is 1. The average Bonchev–Trinajstić information content (AvgIpc) is 3.28. The van der Waals surface area contributed by atoms with Crippen LogP contribution in [0.1, 0.15) is 36.6 Å². The Morgan fingerprint density at radius 3 is 2.76 bits per heavy atom. The Kier molecular flexibility index (Phi) is 5.96. The molecule has 1 unspecified atom stereocenters. The molecular weight excluding hydrogens is 366 g/mol. The maximum absolute atomic E-state index is 13.2. The Morgan fingerprint density at radius 2 is 2.07 bits per heavy atom. The summed E-state index contributed by atoms with van der Waals surface area (Å²) < 4.78 is 7.67. The van der Waals surface area contributed by atoms with Crippen molar-refractivity contribution in [3.05, 3.63) is 47.5 Å². The fraction of sp³-hybridized carbons (Fsp3) is 0.591. The van der Waals surface area contributed by atoms with Gasteiger partial charge in [-0.1, -0.05) is 0 Å². The van der Waals surface area contributed by atoms with Gasteiger partial charge in [0.25, 0.3) is 0 Å². The van der Waals surface area contributed by atoms with Crippen molar-refractivity contribution >= 4 is 5.91 Å². The number of nitrogens with zero attached hydrogens (tertiary/aromatic N) is 4. The normalized spacial score (nSPS) is 21.5. The molecule has 2 fully saturated rings. The lowest BCUT2D eigenvalue weighted by Crippen LogP contribution is -2.44. The molecule has 0 bridgehead atoms. The van der Waals surface area contributed by atoms with Crippen molar-refractivity contribution in [3.8, 4) is 0 Å². The van der Waals surface area contributed by atoms with Gasteiger partial charge in [0.05, 0.1) is 12.1 Å². The van der Waals surface area contributed by atoms with Gasteiger partial charge in [0, 0.05) is 75.0 Å². The van der Waals surface area contributed by atoms with Gasteiger partial charge in [-0.2, -0.15) is 5.10 Å². The van der Waals surface area contributed by atoms with Crippen LogP contribution in [0, 0.1) is 18.3 Å². The summed E-state index contributed by atoms with van der Waals surface area (Å²) in [6, 6.07) is 3.89. The van der Waals surface area contributed by atoms with Crippen molar-refractivity contribution in [2.45, 2.75) is 46.3 Å². The summed E-state index contributed by atoms with van der Waals surface area (Å²) in [6.07, 6.45) is 7.40. The minimum atomic E-state index is -0.00485. The predicted molar refractivity (Wildman–Crippen MR) is 110 cm³/mol. The molecule has 0 aromatic carbocycles. The van der Waals surface area contributed by atoms with Gasteiger partial charge in [0.1, 0.15) is 0 Å². The molecule has 7 nitrogen and oxygen atoms in total. The summed E-state index contributed by atoms with van der Waals surface area (Å²) in [5.41, 5.74) is 3.56. The third kappa shape index (κ3) is 4.21. The highest BCUT2D eigenvalue weighted by atomic mass is 16.5. The van der Waals surface area contributed by atoms with Crippen LogP contribution in [0.15, 0.2) is 30.7 Å². The van der Waals surface area contributed by atoms with E-state index in [9.17, 15) is 4.79 Å². The van der Waals surface area contributed by atoms with Gasteiger partial charge in [0.15, 0.2) is 0 Å². The maximum atomic E-state index is 13.2. The van der Waals surface area contributed by atoms with E-state index >= 15 is 0 Å². The molecule has 0 saturated carbocycles. The lowest BCUT2D eigenvalue weighted by molar-refractivity contribution is -0.130. The molecule has 1 N–H and O–H groups in total. The minimum Gasteiger partial charge on any atom is -0.381 e. The smallest absolute Gasteiger partial charge is 0.225 e. The largest absolute Gasteiger partial charge is 0.381 e. The van der Waals surface area contributed by atoms with Gasteiger partial charge >= 0.3 is 0 Å². The summed E-state index contributed by atoms with van der Waals surface area (Å²) in [5.74, 6) is 0.155. The molecular formula is C22H31N5O2. The van der Waals surface area contributed by atoms with Crippen molar-refractivity contribution in [2.24, 2.45) is 11.3 Å². The van der Waals surface area contributed by atoms with E-state index < -0.39 is 0 Å². The molecule has 29 heavy (non-hydrogen) atoms. The van der Waals surface area contributed by atoms with Crippen LogP contribution in [0.2, 0.25) is 0 Å². The van der Waals surface area contributed by atoms with E-state index in [-0.39, 0.29) is 17.2 Å². The fourth-order valence-electron chi connectivity index (χ4n) is 4.85. The van der Waals surface area contributed by atoms with Crippen LogP contribution >= 0.6 is 0 Å². The summed E-state index contributed by atoms with van der Waals surface area (Å²) in [4.78, 5) is 19.7. The molecule has 2 aromatic heterocycles. The Bertz CT molecular complexity index is 829. The van der Waals surface area contributed by atoms with Gasteiger partial charge in [-0.05, 0) is 44.4 Å². The van der Waals surface area contributed by atoms with Gasteiger partial charge in [-0.15, -0.1) is 0 Å². The third-order valence-electron chi connectivity index (χ3n) is 6.64. The number of hydrogen-bond acceptors (Lipinski definition) is 5. The molecule has 2 aliphatic rings. The Hall–Kier alpha value is -2.25. The Labute approximate surface area is 172 Å². The first-order chi connectivity index (χ1) is 14.1. The van der Waals surface area contributed by atoms with E-state index in [0.717, 1.165) is 57.8 Å². The zero-order valence-electron chi connectivity index (χ0n) is 17.4. The van der Waals surface area contributed by atoms with E-state index in [1.165, 1.54) is 11.3 Å². The molecule has 1 amide bonds. The second kappa shape index (κ2) is 8.63. The van der Waals surface area contributed by atoms with Crippen molar-refractivity contribution in [2.75, 3.05) is 26.3 Å². The number of hydrogen-bond donors (Lipinski definition) is 1. The summed E-state index contributed by atoms with van der Waals surface area (Å²) in [6.45, 7) is 9.75. The van der Waals surface area contributed by atoms with Crippen LogP contribution in [0.5, 0.6) is 0 Å². The fourth-order valence-corrected chi connectivity index (χ4v) is 4.85. The molecule has 2 aliphatic heterocycles. The molecule has 4 heterocycles. The van der Waals surface area contributed by atoms with E-state index in [0.29, 0.717) is 6.54 Å². The molecule has 1 atom stereocenters. The number of pyridine rings is 1. The maximum Gasteiger partial charge on any atom is 0.225 e. The summed E-state index contributed by atoms with van der Waals surface area (Å²) in [5, 5.41) is 7.65. The second-order valence-electron chi connectivity index (χ2n) is 8.34. The van der Waals surface area contributed by atoms with Gasteiger partial charge in [-0.3, -0.25) is 19.4 Å². The number of rotatable bonds is 6. The van der Waals surface area contributed by atoms with E-state index in [4.69, 9.17) is 4.74 Å². The Morgan fingerprint density at radius 1 is 1.31 bits per heavy atom. The number of carbonyl (C=O) groups excluding carboxylic acids is 1. The standard InChI is InChI=1S/C22H31N5O2/c1-3-27-17(2)19(13-25-27)14-26-15-20(22(16-26)6-10-29-11-7-22)21(28)24-12-18-4-8-23-9-5-18/h4-5,8-9,13,20H,3,6-7,10-12,14-16H2,1-2H3,(H,24,28). The highest BCUT2D eigenvalue weighted by molar-refractivity contribution is 5.80. The minimum absolute atomic E-state index is 0.00485. The van der Waals surface area contributed by atoms with E-state index in [1.807, 2.05) is 23.0 Å². The quantitative estimate of drug-likeness (QED) is 0.809. The van der Waals surface area contributed by atoms with E-state index in [1.54, 1.807) is 12.4 Å². The van der Waals surface area contributed by atoms with Crippen LogP contribution < -0.4 is 5.32 Å². The van der Waals surface area contributed by atoms with Gasteiger partial charge < -0.3 is 10.1 Å².